The van der Waals surface area contributed by atoms with Gasteiger partial charge in [0.15, 0.2) is 42.3 Å². The first-order valence-corrected chi connectivity index (χ1v) is 52.1. The Balaban J connectivity index is 0.000000255. The number of carbonyl (C=O) groups is 4. The van der Waals surface area contributed by atoms with Gasteiger partial charge in [-0.05, 0) is 55.3 Å². The number of unbranched alkanes of at least 4 members (excludes halogenated alkanes) is 30. The van der Waals surface area contributed by atoms with Crippen molar-refractivity contribution in [3.05, 3.63) is 223 Å². The molecule has 0 amide bonds. The Kier molecular flexibility index (Phi) is 50.0. The van der Waals surface area contributed by atoms with Gasteiger partial charge in [0.2, 0.25) is 0 Å². The summed E-state index contributed by atoms with van der Waals surface area (Å²) in [7, 11) is -8.55. The van der Waals surface area contributed by atoms with E-state index < -0.39 is 133 Å². The number of nitrogens with two attached hydrogens (primary N) is 1. The second-order valence-electron chi connectivity index (χ2n) is 32.9. The molecule has 131 heavy (non-hydrogen) atoms. The molecule has 718 valence electrons. The van der Waals surface area contributed by atoms with Crippen molar-refractivity contribution >= 4 is 80.3 Å². The highest BCUT2D eigenvalue weighted by molar-refractivity contribution is 8.00. The topological polar surface area (TPSA) is 382 Å². The first-order valence-electron chi connectivity index (χ1n) is 46.4. The van der Waals surface area contributed by atoms with Crippen molar-refractivity contribution in [2.24, 2.45) is 0 Å². The van der Waals surface area contributed by atoms with Crippen LogP contribution in [0.3, 0.4) is 0 Å². The maximum atomic E-state index is 16.4. The summed E-state index contributed by atoms with van der Waals surface area (Å²) in [6.45, 7) is 3.25. The minimum absolute atomic E-state index is 0.0119. The summed E-state index contributed by atoms with van der Waals surface area (Å²) in [6, 6.07) is 39.8. The third-order valence-electron chi connectivity index (χ3n) is 22.6. The van der Waals surface area contributed by atoms with Crippen LogP contribution < -0.4 is 22.8 Å². The molecule has 14 atom stereocenters. The quantitative estimate of drug-likeness (QED) is 0.0119. The number of halogens is 3. The highest BCUT2D eigenvalue weighted by Gasteiger charge is 2.51. The summed E-state index contributed by atoms with van der Waals surface area (Å²) >= 11 is 2.90. The monoisotopic (exact) mass is 1910 g/mol. The molecule has 5 N–H and O–H groups in total. The van der Waals surface area contributed by atoms with Crippen LogP contribution in [-0.4, -0.2) is 159 Å². The number of aromatic nitrogens is 6. The number of phosphoric acid groups is 2. The van der Waals surface area contributed by atoms with E-state index in [1.165, 1.54) is 203 Å². The number of nitrogen functional groups attached to an aromatic ring is 1. The Morgan fingerprint density at radius 1 is 0.427 bits per heavy atom. The number of ether oxygens (including phenoxy) is 2. The standard InChI is InChI=1S/C45H61FN3O8PS.C27H49FN3O6PS.C24H21FN2O5S/c1-2-3-4-5-6-7-8-9-10-11-12-13-14-15-16-23-32-54-58(53,55-33-24-30-47)56-35-40-42(57-44(51)37-27-21-18-22-28-37)41(46)43(59-40)49-31-29-38(48-45(49)52)34-39(50)36-25-19-17-20-26-36;1-2-3-4-5-6-7-8-9-10-11-12-13-14-15-16-17-20-36-38(34,35)37-21-22-25(32)24(28)26(39-22)31-19-18-23(29)30-27(31)33;25-20-21(32-23(30)16-9-5-2-6-10-16)19(14-28)33-22(20)27-12-11-17(26-24(27)31)13-18(29)15-7-3-1-4-8-15/h17-22,25-29,31,40-43H,2-16,23-24,32-35H2,1H3;18-19,22,24-26,32H,2-17,20-21H2,1H3,(H,34,35)(H2,29,30,33);1-12,19-22,28H,13-14H2/t40-,41+,42-,43-,58?;22-,24+,25-,26-;19-,20+,21-,22-/m111/s1. The summed E-state index contributed by atoms with van der Waals surface area (Å²) in [4.78, 5) is 110. The van der Waals surface area contributed by atoms with Crippen LogP contribution in [0.2, 0.25) is 0 Å². The molecule has 10 rings (SSSR count). The van der Waals surface area contributed by atoms with Crippen molar-refractivity contribution in [3.63, 3.8) is 0 Å². The van der Waals surface area contributed by atoms with Gasteiger partial charge in [-0.25, -0.2) is 46.3 Å². The zero-order valence-corrected chi connectivity index (χ0v) is 79.5. The first kappa shape index (κ1) is 108. The summed E-state index contributed by atoms with van der Waals surface area (Å²) in [5, 5.41) is 23.2. The Morgan fingerprint density at radius 3 is 1.14 bits per heavy atom. The summed E-state index contributed by atoms with van der Waals surface area (Å²) in [5.74, 6) is -1.89. The number of carbonyl (C=O) groups excluding carboxylic acids is 4. The summed E-state index contributed by atoms with van der Waals surface area (Å²) < 4.78 is 114. The van der Waals surface area contributed by atoms with Gasteiger partial charge in [0, 0.05) is 29.7 Å². The molecule has 4 aromatic carbocycles. The van der Waals surface area contributed by atoms with Crippen LogP contribution in [0, 0.1) is 11.3 Å². The number of phosphoric ester groups is 2. The summed E-state index contributed by atoms with van der Waals surface area (Å²) in [6.07, 6.45) is 33.5. The second kappa shape index (κ2) is 60.4. The molecule has 3 aromatic heterocycles. The van der Waals surface area contributed by atoms with Crippen LogP contribution in [0.4, 0.5) is 19.0 Å². The molecule has 6 heterocycles. The van der Waals surface area contributed by atoms with E-state index in [0.29, 0.717) is 24.0 Å². The van der Waals surface area contributed by atoms with Crippen molar-refractivity contribution in [1.82, 2.24) is 28.7 Å². The fourth-order valence-corrected chi connectivity index (χ4v) is 21.7. The van der Waals surface area contributed by atoms with E-state index in [1.807, 2.05) is 6.07 Å². The normalized spacial score (nSPS) is 20.7. The number of aliphatic hydroxyl groups excluding tert-OH is 2. The van der Waals surface area contributed by atoms with Crippen LogP contribution in [0.25, 0.3) is 0 Å². The Bertz CT molecular complexity index is 4850. The average molecular weight is 1920 g/mol. The molecule has 0 aliphatic carbocycles. The van der Waals surface area contributed by atoms with E-state index >= 15 is 8.78 Å². The number of anilines is 1. The number of alkyl halides is 3. The number of nitriles is 1. The van der Waals surface area contributed by atoms with Gasteiger partial charge >= 0.3 is 44.7 Å². The van der Waals surface area contributed by atoms with Gasteiger partial charge in [-0.3, -0.25) is 45.9 Å². The lowest BCUT2D eigenvalue weighted by molar-refractivity contribution is 0.000700. The lowest BCUT2D eigenvalue weighted by atomic mass is 10.0. The van der Waals surface area contributed by atoms with Crippen LogP contribution in [0.15, 0.2) is 173 Å². The molecule has 27 nitrogen and oxygen atoms in total. The first-order chi connectivity index (χ1) is 63.5. The Hall–Kier alpha value is -7.93. The van der Waals surface area contributed by atoms with Gasteiger partial charge in [0.1, 0.15) is 28.0 Å². The van der Waals surface area contributed by atoms with Crippen molar-refractivity contribution in [2.75, 3.05) is 45.4 Å². The van der Waals surface area contributed by atoms with Crippen molar-refractivity contribution < 1.29 is 88.7 Å². The smallest absolute Gasteiger partial charge is 0.454 e. The highest BCUT2D eigenvalue weighted by Crippen LogP contribution is 2.54. The fourth-order valence-electron chi connectivity index (χ4n) is 15.2. The van der Waals surface area contributed by atoms with Gasteiger partial charge in [-0.2, -0.15) is 20.2 Å². The number of hydrogen-bond acceptors (Lipinski definition) is 26. The molecular weight excluding hydrogens is 1780 g/mol. The predicted molar refractivity (Wildman–Crippen MR) is 506 cm³/mol. The van der Waals surface area contributed by atoms with E-state index in [0.717, 1.165) is 87.5 Å². The van der Waals surface area contributed by atoms with Crippen LogP contribution in [0.1, 0.15) is 295 Å². The number of ketones is 2. The van der Waals surface area contributed by atoms with Gasteiger partial charge in [-0.1, -0.05) is 304 Å². The lowest BCUT2D eigenvalue weighted by Gasteiger charge is -2.23. The molecule has 3 aliphatic heterocycles. The van der Waals surface area contributed by atoms with Gasteiger partial charge in [-0.15, -0.1) is 35.3 Å². The van der Waals surface area contributed by atoms with E-state index in [1.54, 1.807) is 109 Å². The zero-order chi connectivity index (χ0) is 94.0. The third kappa shape index (κ3) is 38.0. The molecule has 35 heteroatoms. The van der Waals surface area contributed by atoms with Crippen LogP contribution >= 0.6 is 50.9 Å². The lowest BCUT2D eigenvalue weighted by Crippen LogP contribution is -2.37. The minimum Gasteiger partial charge on any atom is -0.454 e. The van der Waals surface area contributed by atoms with Crippen LogP contribution in [-0.2, 0) is 54.1 Å². The molecule has 2 unspecified atom stereocenters. The Morgan fingerprint density at radius 2 is 0.756 bits per heavy atom. The number of hydrogen-bond donors (Lipinski definition) is 4. The minimum atomic E-state index is -4.33. The molecule has 0 saturated carbocycles. The summed E-state index contributed by atoms with van der Waals surface area (Å²) in [5.41, 5.74) is 5.16. The maximum absolute atomic E-state index is 16.4. The number of rotatable bonds is 59. The molecule has 3 saturated heterocycles. The number of benzene rings is 4. The maximum Gasteiger partial charge on any atom is 0.474 e. The van der Waals surface area contributed by atoms with E-state index in [9.17, 15) is 62.2 Å². The fraction of sp³-hybridized carbons (Fsp3) is 0.573. The zero-order valence-electron chi connectivity index (χ0n) is 75.3. The van der Waals surface area contributed by atoms with Gasteiger partial charge in [0.05, 0.1) is 103 Å². The van der Waals surface area contributed by atoms with Crippen molar-refractivity contribution in [2.45, 2.75) is 307 Å². The van der Waals surface area contributed by atoms with Crippen LogP contribution in [0.5, 0.6) is 0 Å². The molecular formula is C96H131F3N8O19P2S3. The van der Waals surface area contributed by atoms with E-state index in [2.05, 4.69) is 28.8 Å². The number of esters is 2. The molecule has 0 bridgehead atoms. The number of aliphatic hydroxyl groups is 2. The predicted octanol–water partition coefficient (Wildman–Crippen LogP) is 20.6. The molecule has 7 aromatic rings. The number of Topliss-reactive ketones (excluding diaryl/α,β-unsaturated/α-hetero) is 2. The largest absolute Gasteiger partial charge is 0.474 e. The Labute approximate surface area is 780 Å². The van der Waals surface area contributed by atoms with E-state index in [-0.39, 0.29) is 79.0 Å². The number of nitrogens with zero attached hydrogens (tertiary/aromatic N) is 7. The van der Waals surface area contributed by atoms with Gasteiger partial charge in [0.25, 0.3) is 0 Å². The SMILES string of the molecule is CCCCCCCCCCCCCCCCCCOP(=O)(O)OC[C@H]1S[C@@H](n2ccc(N)nc2=O)[C@@H](F)[C@@H]1O.CCCCCCCCCCCCCCCCCCOP(=O)(OCCC#N)OC[C@H]1S[C@@H](n2ccc(CC(=O)c3ccccc3)nc2=O)[C@@H](F)[C@@H]1OC(=O)c1ccccc1.O=C(Cc1ccn([C@@H]2S[C@H](CO)[C@@H](OC(=O)c3ccccc3)[C@@H]2F)c(=O)n1)c1ccccc1. The average Bonchev–Trinajstić information content (AvgIpc) is 1.61. The van der Waals surface area contributed by atoms with Crippen molar-refractivity contribution in [3.8, 4) is 6.07 Å². The third-order valence-corrected chi connectivity index (χ3v) is 29.6. The highest BCUT2D eigenvalue weighted by atomic mass is 32.2. The molecule has 3 fully saturated rings. The van der Waals surface area contributed by atoms with Gasteiger partial charge < -0.3 is 30.3 Å². The van der Waals surface area contributed by atoms with E-state index in [4.69, 9.17) is 43.1 Å². The number of thioether (sulfide) groups is 3. The molecule has 0 radical (unpaired) electrons. The molecule has 3 aliphatic rings. The van der Waals surface area contributed by atoms with Crippen molar-refractivity contribution in [1.29, 1.82) is 5.26 Å². The molecule has 0 spiro atoms. The second-order valence-corrected chi connectivity index (χ2v) is 40.1.